The number of aromatic nitrogens is 1. The molecule has 2 aliphatic carbocycles. The zero-order chi connectivity index (χ0) is 14.5. The van der Waals surface area contributed by atoms with Crippen LogP contribution in [0.5, 0.6) is 5.88 Å². The first kappa shape index (κ1) is 14.2. The van der Waals surface area contributed by atoms with Gasteiger partial charge in [-0.2, -0.15) is 0 Å². The predicted octanol–water partition coefficient (Wildman–Crippen LogP) is 4.72. The Morgan fingerprint density at radius 3 is 2.65 bits per heavy atom. The van der Waals surface area contributed by atoms with Crippen LogP contribution in [0.25, 0.3) is 0 Å². The van der Waals surface area contributed by atoms with Crippen molar-refractivity contribution in [3.63, 3.8) is 0 Å². The van der Waals surface area contributed by atoms with E-state index in [-0.39, 0.29) is 11.5 Å². The van der Waals surface area contributed by atoms with Crippen LogP contribution < -0.4 is 4.74 Å². The number of ether oxygens (including phenoxy) is 1. The summed E-state index contributed by atoms with van der Waals surface area (Å²) in [7, 11) is 0. The van der Waals surface area contributed by atoms with Crippen molar-refractivity contribution in [1.29, 1.82) is 0 Å². The van der Waals surface area contributed by atoms with E-state index in [2.05, 4.69) is 25.8 Å². The molecular weight excluding hydrogens is 270 g/mol. The van der Waals surface area contributed by atoms with Gasteiger partial charge in [-0.1, -0.05) is 20.8 Å². The van der Waals surface area contributed by atoms with E-state index < -0.39 is 0 Å². The normalized spacial score (nSPS) is 34.5. The molecule has 3 atom stereocenters. The fourth-order valence-electron chi connectivity index (χ4n) is 4.30. The summed E-state index contributed by atoms with van der Waals surface area (Å²) in [5.74, 6) is 2.04. The van der Waals surface area contributed by atoms with Crippen molar-refractivity contribution in [2.45, 2.75) is 58.9 Å². The molecule has 2 aliphatic rings. The number of alkyl halides is 1. The molecule has 2 bridgehead atoms. The molecule has 3 unspecified atom stereocenters. The Morgan fingerprint density at radius 2 is 2.10 bits per heavy atom. The number of halogens is 1. The van der Waals surface area contributed by atoms with Gasteiger partial charge < -0.3 is 4.74 Å². The van der Waals surface area contributed by atoms with Crippen LogP contribution in [-0.2, 0) is 5.88 Å². The van der Waals surface area contributed by atoms with Gasteiger partial charge in [-0.25, -0.2) is 4.98 Å². The van der Waals surface area contributed by atoms with E-state index in [1.54, 1.807) is 0 Å². The molecule has 0 amide bonds. The van der Waals surface area contributed by atoms with Crippen molar-refractivity contribution >= 4 is 11.6 Å². The lowest BCUT2D eigenvalue weighted by molar-refractivity contribution is 0.0272. The van der Waals surface area contributed by atoms with Gasteiger partial charge in [0.15, 0.2) is 0 Å². The topological polar surface area (TPSA) is 22.1 Å². The molecular formula is C17H24ClNO. The lowest BCUT2D eigenvalue weighted by atomic mass is 9.70. The number of hydrogen-bond donors (Lipinski definition) is 0. The molecule has 1 aromatic rings. The fourth-order valence-corrected chi connectivity index (χ4v) is 4.45. The minimum Gasteiger partial charge on any atom is -0.474 e. The molecule has 1 aromatic heterocycles. The van der Waals surface area contributed by atoms with Crippen LogP contribution in [0.4, 0.5) is 0 Å². The lowest BCUT2D eigenvalue weighted by Crippen LogP contribution is -2.39. The molecule has 2 fully saturated rings. The first-order valence-corrected chi connectivity index (χ1v) is 8.10. The molecule has 0 aromatic carbocycles. The Hall–Kier alpha value is -0.760. The van der Waals surface area contributed by atoms with Crippen LogP contribution in [-0.4, -0.2) is 11.1 Å². The molecule has 0 N–H and O–H groups in total. The number of fused-ring (bicyclic) bond motifs is 2. The third-order valence-electron chi connectivity index (χ3n) is 6.12. The fraction of sp³-hybridized carbons (Fsp3) is 0.706. The molecule has 20 heavy (non-hydrogen) atoms. The summed E-state index contributed by atoms with van der Waals surface area (Å²) in [5.41, 5.74) is 2.70. The van der Waals surface area contributed by atoms with Gasteiger partial charge in [-0.05, 0) is 49.1 Å². The first-order chi connectivity index (χ1) is 9.36. The van der Waals surface area contributed by atoms with Crippen molar-refractivity contribution in [3.05, 3.63) is 23.4 Å². The predicted molar refractivity (Wildman–Crippen MR) is 82.2 cm³/mol. The molecule has 0 saturated heterocycles. The van der Waals surface area contributed by atoms with Crippen LogP contribution in [0.15, 0.2) is 12.1 Å². The number of pyridine rings is 1. The monoisotopic (exact) mass is 293 g/mol. The van der Waals surface area contributed by atoms with Gasteiger partial charge in [-0.15, -0.1) is 11.6 Å². The van der Waals surface area contributed by atoms with E-state index in [0.29, 0.717) is 11.3 Å². The highest BCUT2D eigenvalue weighted by Crippen LogP contribution is 2.66. The second kappa shape index (κ2) is 4.62. The summed E-state index contributed by atoms with van der Waals surface area (Å²) in [6, 6.07) is 4.01. The number of hydrogen-bond acceptors (Lipinski definition) is 2. The molecule has 3 heteroatoms. The van der Waals surface area contributed by atoms with Crippen LogP contribution in [0.1, 0.15) is 51.3 Å². The van der Waals surface area contributed by atoms with Gasteiger partial charge in [-0.3, -0.25) is 0 Å². The van der Waals surface area contributed by atoms with Crippen molar-refractivity contribution < 1.29 is 4.74 Å². The number of aryl methyl sites for hydroxylation is 1. The Bertz CT molecular complexity index is 528. The van der Waals surface area contributed by atoms with E-state index in [4.69, 9.17) is 16.3 Å². The molecule has 1 heterocycles. The van der Waals surface area contributed by atoms with Gasteiger partial charge >= 0.3 is 0 Å². The summed E-state index contributed by atoms with van der Waals surface area (Å²) >= 11 is 5.94. The number of nitrogens with zero attached hydrogens (tertiary/aromatic N) is 1. The summed E-state index contributed by atoms with van der Waals surface area (Å²) in [6.07, 6.45) is 4.06. The number of rotatable bonds is 3. The van der Waals surface area contributed by atoms with Crippen LogP contribution in [0.3, 0.4) is 0 Å². The third kappa shape index (κ3) is 1.95. The maximum atomic E-state index is 6.30. The van der Waals surface area contributed by atoms with Gasteiger partial charge in [0.2, 0.25) is 5.88 Å². The van der Waals surface area contributed by atoms with Crippen LogP contribution in [0.2, 0.25) is 0 Å². The molecule has 2 saturated carbocycles. The summed E-state index contributed by atoms with van der Waals surface area (Å²) in [5, 5.41) is 0. The maximum Gasteiger partial charge on any atom is 0.214 e. The van der Waals surface area contributed by atoms with Crippen molar-refractivity contribution in [2.75, 3.05) is 0 Å². The Kier molecular flexibility index (Phi) is 3.28. The standard InChI is InChI=1S/C17H24ClNO/c1-11-7-12(10-18)8-15(19-11)20-14-9-13-5-6-17(14,4)16(13,2)3/h7-8,13-14H,5-6,9-10H2,1-4H3. The van der Waals surface area contributed by atoms with Gasteiger partial charge in [0, 0.05) is 23.1 Å². The molecule has 110 valence electrons. The van der Waals surface area contributed by atoms with Gasteiger partial charge in [0.25, 0.3) is 0 Å². The first-order valence-electron chi connectivity index (χ1n) is 7.57. The molecule has 2 nitrogen and oxygen atoms in total. The quantitative estimate of drug-likeness (QED) is 0.752. The average molecular weight is 294 g/mol. The highest BCUT2D eigenvalue weighted by Gasteiger charge is 2.62. The summed E-state index contributed by atoms with van der Waals surface area (Å²) < 4.78 is 6.30. The van der Waals surface area contributed by atoms with E-state index >= 15 is 0 Å². The highest BCUT2D eigenvalue weighted by atomic mass is 35.5. The Morgan fingerprint density at radius 1 is 1.35 bits per heavy atom. The van der Waals surface area contributed by atoms with E-state index in [1.165, 1.54) is 12.8 Å². The minimum atomic E-state index is 0.268. The van der Waals surface area contributed by atoms with E-state index in [0.717, 1.165) is 29.5 Å². The van der Waals surface area contributed by atoms with Crippen molar-refractivity contribution in [3.8, 4) is 5.88 Å². The average Bonchev–Trinajstić information content (AvgIpc) is 2.71. The molecule has 0 aliphatic heterocycles. The molecule has 3 rings (SSSR count). The molecule has 0 radical (unpaired) electrons. The van der Waals surface area contributed by atoms with Crippen molar-refractivity contribution in [1.82, 2.24) is 4.98 Å². The highest BCUT2D eigenvalue weighted by molar-refractivity contribution is 6.17. The summed E-state index contributed by atoms with van der Waals surface area (Å²) in [6.45, 7) is 9.20. The van der Waals surface area contributed by atoms with Crippen LogP contribution >= 0.6 is 11.6 Å². The second-order valence-electron chi connectivity index (χ2n) is 7.31. The third-order valence-corrected chi connectivity index (χ3v) is 6.43. The summed E-state index contributed by atoms with van der Waals surface area (Å²) in [4.78, 5) is 4.53. The second-order valence-corrected chi connectivity index (χ2v) is 7.57. The maximum absolute atomic E-state index is 6.30. The Labute approximate surface area is 126 Å². The largest absolute Gasteiger partial charge is 0.474 e. The van der Waals surface area contributed by atoms with Gasteiger partial charge in [0.05, 0.1) is 0 Å². The van der Waals surface area contributed by atoms with Crippen molar-refractivity contribution in [2.24, 2.45) is 16.7 Å². The Balaban J connectivity index is 1.85. The SMILES string of the molecule is Cc1cc(CCl)cc(OC2CC3CCC2(C)C3(C)C)n1. The molecule has 0 spiro atoms. The zero-order valence-corrected chi connectivity index (χ0v) is 13.6. The van der Waals surface area contributed by atoms with Gasteiger partial charge in [0.1, 0.15) is 6.10 Å². The smallest absolute Gasteiger partial charge is 0.214 e. The van der Waals surface area contributed by atoms with E-state index in [1.807, 2.05) is 19.1 Å². The minimum absolute atomic E-state index is 0.268. The van der Waals surface area contributed by atoms with E-state index in [9.17, 15) is 0 Å². The van der Waals surface area contributed by atoms with Crippen LogP contribution in [0, 0.1) is 23.7 Å². The lowest BCUT2D eigenvalue weighted by Gasteiger charge is -2.38. The zero-order valence-electron chi connectivity index (χ0n) is 12.9.